The van der Waals surface area contributed by atoms with Crippen LogP contribution in [0.2, 0.25) is 0 Å². The highest BCUT2D eigenvalue weighted by Crippen LogP contribution is 2.38. The van der Waals surface area contributed by atoms with E-state index in [-0.39, 0.29) is 16.6 Å². The number of pyridine rings is 1. The molecule has 0 aliphatic heterocycles. The lowest BCUT2D eigenvalue weighted by Gasteiger charge is -2.22. The summed E-state index contributed by atoms with van der Waals surface area (Å²) in [6, 6.07) is 2.58. The van der Waals surface area contributed by atoms with E-state index < -0.39 is 22.0 Å². The number of alkyl halides is 3. The smallest absolute Gasteiger partial charge is 0.327 e. The molecule has 7 heteroatoms. The first-order valence-electron chi connectivity index (χ1n) is 5.82. The maximum absolute atomic E-state index is 13.5. The van der Waals surface area contributed by atoms with Gasteiger partial charge in [0.25, 0.3) is 0 Å². The molecule has 0 amide bonds. The first-order valence-corrected chi connectivity index (χ1v) is 6.19. The molecule has 4 nitrogen and oxygen atoms in total. The van der Waals surface area contributed by atoms with Crippen molar-refractivity contribution in [2.45, 2.75) is 31.7 Å². The fourth-order valence-electron chi connectivity index (χ4n) is 2.10. The van der Waals surface area contributed by atoms with Gasteiger partial charge in [-0.2, -0.15) is 14.0 Å². The third kappa shape index (κ3) is 2.29. The summed E-state index contributed by atoms with van der Waals surface area (Å²) in [4.78, 5) is 14.1. The van der Waals surface area contributed by atoms with E-state index in [1.54, 1.807) is 4.57 Å². The van der Waals surface area contributed by atoms with Crippen molar-refractivity contribution in [1.82, 2.24) is 9.55 Å². The molecular weight excluding hydrogens is 288 g/mol. The molecule has 2 aromatic heterocycles. The lowest BCUT2D eigenvalue weighted by molar-refractivity contribution is 0.0966. The molecule has 0 aliphatic carbocycles. The maximum atomic E-state index is 13.5. The lowest BCUT2D eigenvalue weighted by atomic mass is 10.1. The number of H-pyrrole nitrogens is 1. The zero-order valence-electron chi connectivity index (χ0n) is 11.1. The van der Waals surface area contributed by atoms with Gasteiger partial charge in [-0.3, -0.25) is 4.79 Å². The molecule has 20 heavy (non-hydrogen) atoms. The van der Waals surface area contributed by atoms with Gasteiger partial charge in [-0.05, 0) is 32.4 Å². The molecule has 0 aromatic carbocycles. The van der Waals surface area contributed by atoms with E-state index in [1.807, 2.05) is 26.8 Å². The number of hydrogen-bond donors (Lipinski definition) is 1. The predicted molar refractivity (Wildman–Crippen MR) is 72.0 cm³/mol. The van der Waals surface area contributed by atoms with E-state index in [0.717, 1.165) is 6.07 Å². The second-order valence-electron chi connectivity index (χ2n) is 5.46. The summed E-state index contributed by atoms with van der Waals surface area (Å²) in [5, 5.41) is 5.38. The summed E-state index contributed by atoms with van der Waals surface area (Å²) >= 11 is 5.06. The molecule has 0 unspecified atom stereocenters. The summed E-state index contributed by atoms with van der Waals surface area (Å²) in [5.74, 6) is 0. The van der Waals surface area contributed by atoms with Gasteiger partial charge < -0.3 is 9.55 Å². The van der Waals surface area contributed by atoms with Crippen LogP contribution in [0.3, 0.4) is 0 Å². The molecule has 2 aromatic rings. The summed E-state index contributed by atoms with van der Waals surface area (Å²) in [5.41, 5.74) is -1.63. The van der Waals surface area contributed by atoms with E-state index >= 15 is 0 Å². The Balaban J connectivity index is 3.03. The molecule has 0 saturated carbocycles. The highest BCUT2D eigenvalue weighted by molar-refractivity contribution is 6.22. The highest BCUT2D eigenvalue weighted by atomic mass is 35.5. The third-order valence-corrected chi connectivity index (χ3v) is 3.14. The van der Waals surface area contributed by atoms with Crippen molar-refractivity contribution in [2.24, 2.45) is 0 Å². The fraction of sp³-hybridized carbons (Fsp3) is 0.385. The molecule has 0 saturated heterocycles. The lowest BCUT2D eigenvalue weighted by Crippen LogP contribution is -2.23. The van der Waals surface area contributed by atoms with E-state index in [9.17, 15) is 13.6 Å². The number of aromatic nitrogens is 2. The van der Waals surface area contributed by atoms with Crippen LogP contribution in [0.25, 0.3) is 11.0 Å². The van der Waals surface area contributed by atoms with Gasteiger partial charge in [-0.25, -0.2) is 0 Å². The van der Waals surface area contributed by atoms with Crippen LogP contribution in [0, 0.1) is 11.3 Å². The fourth-order valence-corrected chi connectivity index (χ4v) is 2.24. The molecule has 1 N–H and O–H groups in total. The molecule has 0 spiro atoms. The average Bonchev–Trinajstić information content (AvgIpc) is 2.64. The molecule has 0 radical (unpaired) electrons. The van der Waals surface area contributed by atoms with Gasteiger partial charge in [0, 0.05) is 23.2 Å². The first-order chi connectivity index (χ1) is 9.05. The zero-order valence-corrected chi connectivity index (χ0v) is 11.8. The van der Waals surface area contributed by atoms with Gasteiger partial charge >= 0.3 is 5.38 Å². The normalized spacial score (nSPS) is 12.7. The molecule has 106 valence electrons. The molecule has 2 rings (SSSR count). The number of nitrogens with one attached hydrogen (secondary N) is 1. The van der Waals surface area contributed by atoms with Crippen LogP contribution in [-0.2, 0) is 10.9 Å². The Morgan fingerprint density at radius 1 is 1.40 bits per heavy atom. The Labute approximate surface area is 118 Å². The van der Waals surface area contributed by atoms with Crippen molar-refractivity contribution in [3.8, 4) is 6.07 Å². The topological polar surface area (TPSA) is 61.6 Å². The number of nitrogens with zero attached hydrogens (tertiary/aromatic N) is 2. The van der Waals surface area contributed by atoms with Crippen LogP contribution in [0.15, 0.2) is 17.1 Å². The van der Waals surface area contributed by atoms with Gasteiger partial charge in [0.2, 0.25) is 5.56 Å². The van der Waals surface area contributed by atoms with Gasteiger partial charge in [-0.1, -0.05) is 0 Å². The number of rotatable bonds is 1. The van der Waals surface area contributed by atoms with Gasteiger partial charge in [0.1, 0.15) is 11.7 Å². The summed E-state index contributed by atoms with van der Waals surface area (Å²) in [6.45, 7) is 5.49. The van der Waals surface area contributed by atoms with Crippen molar-refractivity contribution >= 4 is 22.6 Å². The minimum absolute atomic E-state index is 0.0259. The van der Waals surface area contributed by atoms with Crippen LogP contribution in [0.4, 0.5) is 8.78 Å². The van der Waals surface area contributed by atoms with Crippen LogP contribution >= 0.6 is 11.6 Å². The Morgan fingerprint density at radius 3 is 2.45 bits per heavy atom. The number of nitriles is 1. The summed E-state index contributed by atoms with van der Waals surface area (Å²) in [6.07, 6.45) is 1.44. The van der Waals surface area contributed by atoms with Crippen LogP contribution in [-0.4, -0.2) is 9.55 Å². The molecule has 0 fully saturated rings. The number of hydrogen-bond acceptors (Lipinski definition) is 2. The largest absolute Gasteiger partial charge is 0.349 e. The highest BCUT2D eigenvalue weighted by Gasteiger charge is 2.34. The quantitative estimate of drug-likeness (QED) is 0.822. The molecule has 2 heterocycles. The third-order valence-electron chi connectivity index (χ3n) is 2.94. The standard InChI is InChI=1S/C13H12ClF2N3O/c1-12(2,3)19-6-7(5-17)10-8(13(14,15)16)4-9(20)18-11(10)19/h4,6H,1-3H3,(H,18,20). The van der Waals surface area contributed by atoms with Crippen molar-refractivity contribution in [3.63, 3.8) is 0 Å². The average molecular weight is 300 g/mol. The minimum atomic E-state index is -3.72. The summed E-state index contributed by atoms with van der Waals surface area (Å²) in [7, 11) is 0. The molecule has 0 bridgehead atoms. The van der Waals surface area contributed by atoms with E-state index in [0.29, 0.717) is 0 Å². The number of halogens is 3. The van der Waals surface area contributed by atoms with Crippen molar-refractivity contribution in [1.29, 1.82) is 5.26 Å². The molecule has 0 atom stereocenters. The predicted octanol–water partition coefficient (Wildman–Crippen LogP) is 3.24. The SMILES string of the molecule is CC(C)(C)n1cc(C#N)c2c(C(F)(F)Cl)cc(=O)[nH]c21. The Morgan fingerprint density at radius 2 is 2.00 bits per heavy atom. The zero-order chi connectivity index (χ0) is 15.3. The van der Waals surface area contributed by atoms with Gasteiger partial charge in [0.05, 0.1) is 11.1 Å². The van der Waals surface area contributed by atoms with Crippen LogP contribution < -0.4 is 5.56 Å². The van der Waals surface area contributed by atoms with Crippen LogP contribution in [0.5, 0.6) is 0 Å². The Hall–Kier alpha value is -1.87. The van der Waals surface area contributed by atoms with Crippen molar-refractivity contribution in [3.05, 3.63) is 33.7 Å². The van der Waals surface area contributed by atoms with E-state index in [1.165, 1.54) is 6.20 Å². The first kappa shape index (κ1) is 14.5. The number of fused-ring (bicyclic) bond motifs is 1. The maximum Gasteiger partial charge on any atom is 0.349 e. The summed E-state index contributed by atoms with van der Waals surface area (Å²) < 4.78 is 28.5. The van der Waals surface area contributed by atoms with Crippen molar-refractivity contribution < 1.29 is 8.78 Å². The van der Waals surface area contributed by atoms with Gasteiger partial charge in [-0.15, -0.1) is 0 Å². The molecule has 0 aliphatic rings. The monoisotopic (exact) mass is 299 g/mol. The molecular formula is C13H12ClF2N3O. The Bertz CT molecular complexity index is 772. The van der Waals surface area contributed by atoms with Crippen LogP contribution in [0.1, 0.15) is 31.9 Å². The van der Waals surface area contributed by atoms with E-state index in [2.05, 4.69) is 4.98 Å². The van der Waals surface area contributed by atoms with E-state index in [4.69, 9.17) is 16.9 Å². The number of aromatic amines is 1. The second-order valence-corrected chi connectivity index (χ2v) is 5.94. The minimum Gasteiger partial charge on any atom is -0.327 e. The Kier molecular flexibility index (Phi) is 3.14. The second kappa shape index (κ2) is 4.32. The van der Waals surface area contributed by atoms with Crippen molar-refractivity contribution in [2.75, 3.05) is 0 Å². The van der Waals surface area contributed by atoms with Gasteiger partial charge in [0.15, 0.2) is 0 Å².